The maximum absolute atomic E-state index is 6.07. The molecule has 1 aromatic carbocycles. The number of pyridine rings is 1. The predicted octanol–water partition coefficient (Wildman–Crippen LogP) is 3.00. The number of halogens is 1. The van der Waals surface area contributed by atoms with Crippen molar-refractivity contribution >= 4 is 28.3 Å². The second kappa shape index (κ2) is 6.71. The molecule has 6 heteroatoms. The van der Waals surface area contributed by atoms with Crippen molar-refractivity contribution in [1.29, 1.82) is 0 Å². The first-order chi connectivity index (χ1) is 11.8. The van der Waals surface area contributed by atoms with Gasteiger partial charge in [-0.05, 0) is 30.3 Å². The van der Waals surface area contributed by atoms with Gasteiger partial charge in [0.05, 0.1) is 11.2 Å². The molecule has 3 heterocycles. The molecule has 0 bridgehead atoms. The molecule has 1 aliphatic heterocycles. The monoisotopic (exact) mass is 339 g/mol. The number of nitrogens with zero attached hydrogens (tertiary/aromatic N) is 5. The molecular weight excluding hydrogens is 322 g/mol. The summed E-state index contributed by atoms with van der Waals surface area (Å²) in [5.41, 5.74) is 2.01. The highest BCUT2D eigenvalue weighted by Crippen LogP contribution is 2.26. The van der Waals surface area contributed by atoms with Gasteiger partial charge in [0.2, 0.25) is 0 Å². The maximum atomic E-state index is 6.07. The van der Waals surface area contributed by atoms with Gasteiger partial charge < -0.3 is 4.90 Å². The second-order valence-electron chi connectivity index (χ2n) is 5.94. The van der Waals surface area contributed by atoms with Crippen LogP contribution in [0.25, 0.3) is 10.9 Å². The average molecular weight is 340 g/mol. The van der Waals surface area contributed by atoms with Gasteiger partial charge >= 0.3 is 0 Å². The fourth-order valence-electron chi connectivity index (χ4n) is 3.11. The Morgan fingerprint density at radius 3 is 2.62 bits per heavy atom. The maximum Gasteiger partial charge on any atom is 0.139 e. The molecule has 0 unspecified atom stereocenters. The van der Waals surface area contributed by atoms with E-state index in [1.165, 1.54) is 0 Å². The zero-order valence-corrected chi connectivity index (χ0v) is 14.0. The molecule has 2 aromatic heterocycles. The van der Waals surface area contributed by atoms with Crippen LogP contribution in [-0.2, 0) is 6.54 Å². The van der Waals surface area contributed by atoms with E-state index in [-0.39, 0.29) is 0 Å². The Labute approximate surface area is 145 Å². The lowest BCUT2D eigenvalue weighted by molar-refractivity contribution is 0.247. The zero-order chi connectivity index (χ0) is 16.4. The van der Waals surface area contributed by atoms with Crippen molar-refractivity contribution in [3.63, 3.8) is 0 Å². The molecule has 0 amide bonds. The van der Waals surface area contributed by atoms with E-state index >= 15 is 0 Å². The standard InChI is InChI=1S/C18H18ClN5/c19-14-4-5-16-17(11-14)21-13-22-18(16)24-9-7-23(8-10-24)12-15-3-1-2-6-20-15/h1-6,11,13H,7-10,12H2. The van der Waals surface area contributed by atoms with E-state index < -0.39 is 0 Å². The van der Waals surface area contributed by atoms with Crippen molar-refractivity contribution < 1.29 is 0 Å². The topological polar surface area (TPSA) is 45.2 Å². The van der Waals surface area contributed by atoms with E-state index in [0.29, 0.717) is 5.02 Å². The van der Waals surface area contributed by atoms with Crippen LogP contribution in [0.1, 0.15) is 5.69 Å². The first kappa shape index (κ1) is 15.3. The van der Waals surface area contributed by atoms with Crippen molar-refractivity contribution in [2.75, 3.05) is 31.1 Å². The van der Waals surface area contributed by atoms with Gasteiger partial charge in [-0.25, -0.2) is 9.97 Å². The van der Waals surface area contributed by atoms with Gasteiger partial charge in [0.15, 0.2) is 0 Å². The van der Waals surface area contributed by atoms with Gasteiger partial charge in [0.1, 0.15) is 12.1 Å². The summed E-state index contributed by atoms with van der Waals surface area (Å²) in [7, 11) is 0. The van der Waals surface area contributed by atoms with Gasteiger partial charge in [0, 0.05) is 49.3 Å². The average Bonchev–Trinajstić information content (AvgIpc) is 2.62. The number of fused-ring (bicyclic) bond motifs is 1. The molecule has 1 aliphatic rings. The molecule has 1 saturated heterocycles. The lowest BCUT2D eigenvalue weighted by atomic mass is 10.2. The highest BCUT2D eigenvalue weighted by molar-refractivity contribution is 6.31. The lowest BCUT2D eigenvalue weighted by Crippen LogP contribution is -2.46. The molecule has 3 aromatic rings. The fourth-order valence-corrected chi connectivity index (χ4v) is 3.27. The van der Waals surface area contributed by atoms with Crippen LogP contribution < -0.4 is 4.90 Å². The SMILES string of the molecule is Clc1ccc2c(N3CCN(Cc4ccccn4)CC3)ncnc2c1. The van der Waals surface area contributed by atoms with Crippen LogP contribution in [0.5, 0.6) is 0 Å². The van der Waals surface area contributed by atoms with Crippen LogP contribution in [0.3, 0.4) is 0 Å². The smallest absolute Gasteiger partial charge is 0.139 e. The molecular formula is C18H18ClN5. The fraction of sp³-hybridized carbons (Fsp3) is 0.278. The third kappa shape index (κ3) is 3.18. The predicted molar refractivity (Wildman–Crippen MR) is 96.3 cm³/mol. The largest absolute Gasteiger partial charge is 0.353 e. The van der Waals surface area contributed by atoms with Crippen molar-refractivity contribution in [2.24, 2.45) is 0 Å². The minimum absolute atomic E-state index is 0.701. The normalized spacial score (nSPS) is 15.8. The van der Waals surface area contributed by atoms with E-state index in [0.717, 1.165) is 55.1 Å². The molecule has 122 valence electrons. The summed E-state index contributed by atoms with van der Waals surface area (Å²) in [4.78, 5) is 18.0. The molecule has 4 rings (SSSR count). The van der Waals surface area contributed by atoms with E-state index in [2.05, 4.69) is 30.8 Å². The Hall–Kier alpha value is -2.24. The number of anilines is 1. The van der Waals surface area contributed by atoms with Crippen molar-refractivity contribution in [3.8, 4) is 0 Å². The van der Waals surface area contributed by atoms with Crippen LogP contribution in [0.15, 0.2) is 48.9 Å². The Bertz CT molecular complexity index is 831. The number of piperazine rings is 1. The minimum Gasteiger partial charge on any atom is -0.353 e. The van der Waals surface area contributed by atoms with E-state index in [1.54, 1.807) is 6.33 Å². The minimum atomic E-state index is 0.701. The van der Waals surface area contributed by atoms with Gasteiger partial charge in [-0.2, -0.15) is 0 Å². The highest BCUT2D eigenvalue weighted by Gasteiger charge is 2.20. The van der Waals surface area contributed by atoms with Gasteiger partial charge in [-0.15, -0.1) is 0 Å². The van der Waals surface area contributed by atoms with E-state index in [4.69, 9.17) is 11.6 Å². The summed E-state index contributed by atoms with van der Waals surface area (Å²) in [6.45, 7) is 4.78. The van der Waals surface area contributed by atoms with Crippen LogP contribution in [0, 0.1) is 0 Å². The summed E-state index contributed by atoms with van der Waals surface area (Å²) in [5.74, 6) is 0.995. The third-order valence-corrected chi connectivity index (χ3v) is 4.60. The number of aromatic nitrogens is 3. The number of benzene rings is 1. The lowest BCUT2D eigenvalue weighted by Gasteiger charge is -2.35. The molecule has 5 nitrogen and oxygen atoms in total. The molecule has 0 aliphatic carbocycles. The molecule has 0 atom stereocenters. The second-order valence-corrected chi connectivity index (χ2v) is 6.38. The Morgan fingerprint density at radius 2 is 1.83 bits per heavy atom. The zero-order valence-electron chi connectivity index (χ0n) is 13.3. The molecule has 0 saturated carbocycles. The van der Waals surface area contributed by atoms with Crippen LogP contribution >= 0.6 is 11.6 Å². The quantitative estimate of drug-likeness (QED) is 0.734. The first-order valence-electron chi connectivity index (χ1n) is 8.07. The summed E-state index contributed by atoms with van der Waals surface area (Å²) in [6.07, 6.45) is 3.47. The molecule has 1 fully saturated rings. The first-order valence-corrected chi connectivity index (χ1v) is 8.45. The summed E-state index contributed by atoms with van der Waals surface area (Å²) in [5, 5.41) is 1.76. The van der Waals surface area contributed by atoms with E-state index in [9.17, 15) is 0 Å². The van der Waals surface area contributed by atoms with Gasteiger partial charge in [-0.3, -0.25) is 9.88 Å². The van der Waals surface area contributed by atoms with Crippen molar-refractivity contribution in [2.45, 2.75) is 6.54 Å². The summed E-state index contributed by atoms with van der Waals surface area (Å²) >= 11 is 6.07. The Morgan fingerprint density at radius 1 is 0.958 bits per heavy atom. The summed E-state index contributed by atoms with van der Waals surface area (Å²) < 4.78 is 0. The molecule has 0 spiro atoms. The third-order valence-electron chi connectivity index (χ3n) is 4.36. The van der Waals surface area contributed by atoms with Crippen molar-refractivity contribution in [1.82, 2.24) is 19.9 Å². The van der Waals surface area contributed by atoms with E-state index in [1.807, 2.05) is 36.5 Å². The number of hydrogen-bond donors (Lipinski definition) is 0. The van der Waals surface area contributed by atoms with Crippen LogP contribution in [-0.4, -0.2) is 46.0 Å². The Kier molecular flexibility index (Phi) is 4.28. The van der Waals surface area contributed by atoms with Crippen LogP contribution in [0.2, 0.25) is 5.02 Å². The number of hydrogen-bond acceptors (Lipinski definition) is 5. The van der Waals surface area contributed by atoms with Crippen LogP contribution in [0.4, 0.5) is 5.82 Å². The van der Waals surface area contributed by atoms with Gasteiger partial charge in [-0.1, -0.05) is 17.7 Å². The van der Waals surface area contributed by atoms with Crippen molar-refractivity contribution in [3.05, 3.63) is 59.6 Å². The number of rotatable bonds is 3. The molecule has 0 radical (unpaired) electrons. The molecule has 24 heavy (non-hydrogen) atoms. The highest BCUT2D eigenvalue weighted by atomic mass is 35.5. The summed E-state index contributed by atoms with van der Waals surface area (Å²) in [6, 6.07) is 11.9. The Balaban J connectivity index is 1.48. The molecule has 0 N–H and O–H groups in total. The van der Waals surface area contributed by atoms with Gasteiger partial charge in [0.25, 0.3) is 0 Å².